The molecule has 0 aliphatic carbocycles. The highest BCUT2D eigenvalue weighted by Crippen LogP contribution is 2.30. The van der Waals surface area contributed by atoms with Crippen LogP contribution in [0.2, 0.25) is 0 Å². The van der Waals surface area contributed by atoms with Crippen LogP contribution in [-0.2, 0) is 25.5 Å². The van der Waals surface area contributed by atoms with Gasteiger partial charge in [-0.1, -0.05) is 0 Å². The monoisotopic (exact) mass is 234 g/mol. The number of rotatable bonds is 0. The lowest BCUT2D eigenvalue weighted by Crippen LogP contribution is -2.39. The Balaban J connectivity index is 2.42. The molecule has 6 heteroatoms. The van der Waals surface area contributed by atoms with Gasteiger partial charge in [-0.2, -0.15) is 0 Å². The van der Waals surface area contributed by atoms with Gasteiger partial charge in [-0.05, 0) is 23.8 Å². The molecule has 0 aromatic heterocycles. The molecule has 0 bridgehead atoms. The number of esters is 1. The molecule has 17 heavy (non-hydrogen) atoms. The number of nitrogens with two attached hydrogens (primary N) is 1. The number of nitrogens with zero attached hydrogens (tertiary/aromatic N) is 1. The Labute approximate surface area is 96.9 Å². The van der Waals surface area contributed by atoms with Gasteiger partial charge in [0.1, 0.15) is 0 Å². The first-order chi connectivity index (χ1) is 8.04. The van der Waals surface area contributed by atoms with Crippen molar-refractivity contribution in [1.29, 1.82) is 0 Å². The molecule has 1 heterocycles. The fourth-order valence-corrected chi connectivity index (χ4v) is 1.74. The average Bonchev–Trinajstić information content (AvgIpc) is 2.62. The van der Waals surface area contributed by atoms with Crippen LogP contribution in [0, 0.1) is 0 Å². The third-order valence-corrected chi connectivity index (χ3v) is 2.50. The number of methoxy groups -OCH3 is 1. The molecule has 0 fully saturated rings. The second kappa shape index (κ2) is 3.89. The zero-order chi connectivity index (χ0) is 12.6. The van der Waals surface area contributed by atoms with E-state index < -0.39 is 17.8 Å². The van der Waals surface area contributed by atoms with E-state index in [9.17, 15) is 14.4 Å². The van der Waals surface area contributed by atoms with Crippen LogP contribution in [0.3, 0.4) is 0 Å². The lowest BCUT2D eigenvalue weighted by Gasteiger charge is -2.13. The van der Waals surface area contributed by atoms with Crippen LogP contribution in [0.25, 0.3) is 0 Å². The number of carbonyl (C=O) groups is 3. The van der Waals surface area contributed by atoms with Gasteiger partial charge in [0, 0.05) is 5.69 Å². The molecule has 1 aliphatic rings. The maximum Gasteiger partial charge on any atom is 0.397 e. The Morgan fingerprint density at radius 3 is 2.76 bits per heavy atom. The van der Waals surface area contributed by atoms with Gasteiger partial charge in [0.15, 0.2) is 0 Å². The SMILES string of the molecule is COC(=O)C(=O)N1C(=O)Cc2cc(N)ccc21. The molecule has 88 valence electrons. The maximum atomic E-state index is 11.7. The summed E-state index contributed by atoms with van der Waals surface area (Å²) in [4.78, 5) is 35.2. The third-order valence-electron chi connectivity index (χ3n) is 2.50. The van der Waals surface area contributed by atoms with Crippen molar-refractivity contribution in [2.75, 3.05) is 17.7 Å². The highest BCUT2D eigenvalue weighted by atomic mass is 16.5. The minimum atomic E-state index is -1.07. The van der Waals surface area contributed by atoms with E-state index in [0.29, 0.717) is 16.9 Å². The van der Waals surface area contributed by atoms with Crippen LogP contribution < -0.4 is 10.6 Å². The Bertz CT molecular complexity index is 524. The highest BCUT2D eigenvalue weighted by molar-refractivity contribution is 6.44. The van der Waals surface area contributed by atoms with Crippen LogP contribution in [0.15, 0.2) is 18.2 Å². The van der Waals surface area contributed by atoms with E-state index in [2.05, 4.69) is 4.74 Å². The molecule has 0 saturated carbocycles. The summed E-state index contributed by atoms with van der Waals surface area (Å²) in [7, 11) is 1.09. The number of hydrogen-bond acceptors (Lipinski definition) is 5. The van der Waals surface area contributed by atoms with E-state index >= 15 is 0 Å². The fourth-order valence-electron chi connectivity index (χ4n) is 1.74. The molecule has 2 rings (SSSR count). The Hall–Kier alpha value is -2.37. The van der Waals surface area contributed by atoms with Gasteiger partial charge in [0.2, 0.25) is 5.91 Å². The van der Waals surface area contributed by atoms with Crippen molar-refractivity contribution in [3.8, 4) is 0 Å². The molecule has 2 amide bonds. The molecule has 0 spiro atoms. The molecule has 0 atom stereocenters. The van der Waals surface area contributed by atoms with E-state index in [1.165, 1.54) is 6.07 Å². The van der Waals surface area contributed by atoms with E-state index in [4.69, 9.17) is 5.73 Å². The number of hydrogen-bond donors (Lipinski definition) is 1. The number of anilines is 2. The van der Waals surface area contributed by atoms with Gasteiger partial charge in [0.05, 0.1) is 19.2 Å². The van der Waals surface area contributed by atoms with Crippen molar-refractivity contribution in [3.05, 3.63) is 23.8 Å². The van der Waals surface area contributed by atoms with Gasteiger partial charge in [-0.25, -0.2) is 9.69 Å². The van der Waals surface area contributed by atoms with Crippen LogP contribution in [0.5, 0.6) is 0 Å². The number of benzene rings is 1. The van der Waals surface area contributed by atoms with Gasteiger partial charge in [-0.15, -0.1) is 0 Å². The number of amides is 2. The summed E-state index contributed by atoms with van der Waals surface area (Å²) in [5.74, 6) is -2.51. The zero-order valence-electron chi connectivity index (χ0n) is 9.10. The van der Waals surface area contributed by atoms with E-state index in [1.807, 2.05) is 0 Å². The first kappa shape index (κ1) is 11.1. The first-order valence-electron chi connectivity index (χ1n) is 4.88. The van der Waals surface area contributed by atoms with E-state index in [1.54, 1.807) is 12.1 Å². The predicted octanol–water partition coefficient (Wildman–Crippen LogP) is -0.143. The molecular formula is C11H10N2O4. The quantitative estimate of drug-likeness (QED) is 0.383. The largest absolute Gasteiger partial charge is 0.462 e. The molecular weight excluding hydrogens is 224 g/mol. The second-order valence-corrected chi connectivity index (χ2v) is 3.59. The summed E-state index contributed by atoms with van der Waals surface area (Å²) in [6.07, 6.45) is 0.0586. The molecule has 6 nitrogen and oxygen atoms in total. The van der Waals surface area contributed by atoms with E-state index in [0.717, 1.165) is 12.0 Å². The number of fused-ring (bicyclic) bond motifs is 1. The van der Waals surface area contributed by atoms with Crippen molar-refractivity contribution < 1.29 is 19.1 Å². The van der Waals surface area contributed by atoms with E-state index in [-0.39, 0.29) is 6.42 Å². The van der Waals surface area contributed by atoms with Crippen molar-refractivity contribution >= 4 is 29.2 Å². The normalized spacial score (nSPS) is 13.5. The van der Waals surface area contributed by atoms with Crippen LogP contribution in [0.4, 0.5) is 11.4 Å². The summed E-state index contributed by atoms with van der Waals surface area (Å²) in [6, 6.07) is 4.71. The number of ether oxygens (including phenoxy) is 1. The molecule has 0 radical (unpaired) electrons. The molecule has 1 aliphatic heterocycles. The number of carbonyl (C=O) groups excluding carboxylic acids is 3. The summed E-state index contributed by atoms with van der Waals surface area (Å²) >= 11 is 0. The predicted molar refractivity (Wildman–Crippen MR) is 59.1 cm³/mol. The van der Waals surface area contributed by atoms with Crippen LogP contribution in [-0.4, -0.2) is 24.9 Å². The van der Waals surface area contributed by atoms with Crippen LogP contribution in [0.1, 0.15) is 5.56 Å². The van der Waals surface area contributed by atoms with Gasteiger partial charge < -0.3 is 10.5 Å². The van der Waals surface area contributed by atoms with Crippen molar-refractivity contribution in [1.82, 2.24) is 0 Å². The summed E-state index contributed by atoms with van der Waals surface area (Å²) in [5, 5.41) is 0. The van der Waals surface area contributed by atoms with Crippen molar-refractivity contribution in [2.45, 2.75) is 6.42 Å². The summed E-state index contributed by atoms with van der Waals surface area (Å²) < 4.78 is 4.30. The lowest BCUT2D eigenvalue weighted by atomic mass is 10.1. The van der Waals surface area contributed by atoms with Gasteiger partial charge in [-0.3, -0.25) is 9.59 Å². The molecule has 0 saturated heterocycles. The molecule has 1 aromatic carbocycles. The topological polar surface area (TPSA) is 89.7 Å². The average molecular weight is 234 g/mol. The standard InChI is InChI=1S/C11H10N2O4/c1-17-11(16)10(15)13-8-3-2-7(12)4-6(8)5-9(13)14/h2-4H,5,12H2,1H3. The van der Waals surface area contributed by atoms with Crippen molar-refractivity contribution in [2.24, 2.45) is 0 Å². The smallest absolute Gasteiger partial charge is 0.397 e. The minimum absolute atomic E-state index is 0.0586. The molecule has 1 aromatic rings. The summed E-state index contributed by atoms with van der Waals surface area (Å²) in [5.41, 5.74) is 7.10. The number of imide groups is 1. The highest BCUT2D eigenvalue weighted by Gasteiger charge is 2.36. The third kappa shape index (κ3) is 1.73. The second-order valence-electron chi connectivity index (χ2n) is 3.59. The minimum Gasteiger partial charge on any atom is -0.462 e. The Morgan fingerprint density at radius 2 is 2.12 bits per heavy atom. The maximum absolute atomic E-state index is 11.7. The first-order valence-corrected chi connectivity index (χ1v) is 4.88. The molecule has 0 unspecified atom stereocenters. The number of nitrogen functional groups attached to an aromatic ring is 1. The fraction of sp³-hybridized carbons (Fsp3) is 0.182. The Kier molecular flexibility index (Phi) is 2.55. The lowest BCUT2D eigenvalue weighted by molar-refractivity contribution is -0.152. The molecule has 2 N–H and O–H groups in total. The van der Waals surface area contributed by atoms with Crippen molar-refractivity contribution in [3.63, 3.8) is 0 Å². The van der Waals surface area contributed by atoms with Gasteiger partial charge >= 0.3 is 11.9 Å². The zero-order valence-corrected chi connectivity index (χ0v) is 9.10. The Morgan fingerprint density at radius 1 is 1.41 bits per heavy atom. The van der Waals surface area contributed by atoms with Gasteiger partial charge in [0.25, 0.3) is 0 Å². The summed E-state index contributed by atoms with van der Waals surface area (Å²) in [6.45, 7) is 0. The van der Waals surface area contributed by atoms with Crippen LogP contribution >= 0.6 is 0 Å².